The Balaban J connectivity index is 2.49. The van der Waals surface area contributed by atoms with E-state index in [0.29, 0.717) is 0 Å². The van der Waals surface area contributed by atoms with Gasteiger partial charge in [-0.3, -0.25) is 4.21 Å². The van der Waals surface area contributed by atoms with Crippen molar-refractivity contribution in [3.63, 3.8) is 0 Å². The molecule has 2 unspecified atom stereocenters. The minimum absolute atomic E-state index is 0.0675. The predicted molar refractivity (Wildman–Crippen MR) is 43.0 cm³/mol. The van der Waals surface area contributed by atoms with Gasteiger partial charge in [0.05, 0.1) is 12.4 Å². The van der Waals surface area contributed by atoms with Crippen LogP contribution in [-0.2, 0) is 29.6 Å². The van der Waals surface area contributed by atoms with Gasteiger partial charge in [0.15, 0.2) is 0 Å². The van der Waals surface area contributed by atoms with Crippen molar-refractivity contribution in [1.82, 2.24) is 0 Å². The topological polar surface area (TPSA) is 69.7 Å². The minimum Gasteiger partial charge on any atom is -0.255 e. The molecule has 0 N–H and O–H groups in total. The van der Waals surface area contributed by atoms with Crippen LogP contribution < -0.4 is 0 Å². The van der Waals surface area contributed by atoms with Gasteiger partial charge in [-0.2, -0.15) is 8.42 Å². The van der Waals surface area contributed by atoms with E-state index in [9.17, 15) is 12.6 Å². The summed E-state index contributed by atoms with van der Waals surface area (Å²) in [6, 6.07) is 0. The van der Waals surface area contributed by atoms with E-state index in [1.165, 1.54) is 5.41 Å². The van der Waals surface area contributed by atoms with Crippen LogP contribution in [0.5, 0.6) is 0 Å². The lowest BCUT2D eigenvalue weighted by atomic mass is 10.4. The average molecular weight is 212 g/mol. The second-order valence-corrected chi connectivity index (χ2v) is 4.80. The molecule has 0 saturated carbocycles. The summed E-state index contributed by atoms with van der Waals surface area (Å²) in [5, 5.41) is 1.23. The van der Waals surface area contributed by atoms with E-state index in [2.05, 4.69) is 14.9 Å². The van der Waals surface area contributed by atoms with Crippen LogP contribution >= 0.6 is 0 Å². The van der Waals surface area contributed by atoms with Crippen LogP contribution in [0.25, 0.3) is 0 Å². The molecule has 0 aliphatic carbocycles. The zero-order valence-electron chi connectivity index (χ0n) is 6.13. The highest BCUT2D eigenvalue weighted by molar-refractivity contribution is 7.88. The third-order valence-electron chi connectivity index (χ3n) is 1.19. The largest absolute Gasteiger partial charge is 0.400 e. The lowest BCUT2D eigenvalue weighted by Crippen LogP contribution is -2.18. The molecule has 0 aromatic rings. The van der Waals surface area contributed by atoms with Crippen molar-refractivity contribution in [2.24, 2.45) is 0 Å². The molecule has 0 radical (unpaired) electrons. The molecule has 1 fully saturated rings. The van der Waals surface area contributed by atoms with Crippen molar-refractivity contribution in [2.75, 3.05) is 12.4 Å². The number of hydrogen-bond acceptors (Lipinski definition) is 5. The molecule has 1 aliphatic heterocycles. The van der Waals surface area contributed by atoms with E-state index in [1.807, 2.05) is 0 Å². The molecule has 0 amide bonds. The van der Waals surface area contributed by atoms with Gasteiger partial charge in [-0.1, -0.05) is 6.58 Å². The molecule has 1 saturated heterocycles. The van der Waals surface area contributed by atoms with Gasteiger partial charge < -0.3 is 0 Å². The molecule has 1 aliphatic rings. The number of hydrogen-bond donors (Lipinski definition) is 0. The molecule has 0 bridgehead atoms. The molecule has 2 atom stereocenters. The summed E-state index contributed by atoms with van der Waals surface area (Å²) in [5.74, 6) is 0.0999. The Morgan fingerprint density at radius 1 is 1.67 bits per heavy atom. The highest BCUT2D eigenvalue weighted by Gasteiger charge is 2.30. The standard InChI is InChI=1S/C5H8O5S2/c1-2-11(6)4-5-3-9-12(7,8)10-5/h2,5H,1,3-4H2. The van der Waals surface area contributed by atoms with Gasteiger partial charge in [-0.15, -0.1) is 0 Å². The highest BCUT2D eigenvalue weighted by atomic mass is 32.3. The molecule has 1 rings (SSSR count). The Bertz CT molecular complexity index is 293. The van der Waals surface area contributed by atoms with Gasteiger partial charge >= 0.3 is 10.4 Å². The van der Waals surface area contributed by atoms with Crippen LogP contribution in [0.4, 0.5) is 0 Å². The van der Waals surface area contributed by atoms with Gasteiger partial charge in [0.25, 0.3) is 0 Å². The summed E-state index contributed by atoms with van der Waals surface area (Å²) in [6.45, 7) is 3.23. The summed E-state index contributed by atoms with van der Waals surface area (Å²) in [5.41, 5.74) is 0. The zero-order chi connectivity index (χ0) is 9.19. The van der Waals surface area contributed by atoms with Crippen LogP contribution in [0.1, 0.15) is 0 Å². The molecule has 0 aromatic carbocycles. The van der Waals surface area contributed by atoms with Crippen molar-refractivity contribution in [3.05, 3.63) is 12.0 Å². The fourth-order valence-electron chi connectivity index (χ4n) is 0.709. The third-order valence-corrected chi connectivity index (χ3v) is 3.19. The van der Waals surface area contributed by atoms with Crippen molar-refractivity contribution in [2.45, 2.75) is 6.10 Å². The van der Waals surface area contributed by atoms with E-state index in [4.69, 9.17) is 0 Å². The van der Waals surface area contributed by atoms with Crippen LogP contribution in [0, 0.1) is 0 Å². The average Bonchev–Trinajstić information content (AvgIpc) is 2.30. The van der Waals surface area contributed by atoms with Crippen LogP contribution in [0.3, 0.4) is 0 Å². The molecular weight excluding hydrogens is 204 g/mol. The van der Waals surface area contributed by atoms with Gasteiger partial charge in [-0.25, -0.2) is 8.37 Å². The van der Waals surface area contributed by atoms with Gasteiger partial charge in [0.1, 0.15) is 6.10 Å². The predicted octanol–water partition coefficient (Wildman–Crippen LogP) is -0.461. The summed E-state index contributed by atoms with van der Waals surface area (Å²) >= 11 is 0. The van der Waals surface area contributed by atoms with Crippen LogP contribution in [0.2, 0.25) is 0 Å². The summed E-state index contributed by atoms with van der Waals surface area (Å²) in [6.07, 6.45) is -0.645. The van der Waals surface area contributed by atoms with Gasteiger partial charge in [-0.05, 0) is 5.41 Å². The first kappa shape index (κ1) is 9.85. The molecule has 5 nitrogen and oxygen atoms in total. The summed E-state index contributed by atoms with van der Waals surface area (Å²) < 4.78 is 40.6. The second kappa shape index (κ2) is 3.65. The Hall–Kier alpha value is -0.240. The maximum Gasteiger partial charge on any atom is 0.400 e. The van der Waals surface area contributed by atoms with E-state index in [0.717, 1.165) is 0 Å². The molecule has 1 heterocycles. The molecule has 0 aromatic heterocycles. The maximum atomic E-state index is 10.8. The smallest absolute Gasteiger partial charge is 0.255 e. The molecular formula is C5H8O5S2. The Labute approximate surface area is 73.1 Å². The first-order valence-electron chi connectivity index (χ1n) is 3.11. The first-order chi connectivity index (χ1) is 5.53. The van der Waals surface area contributed by atoms with Crippen molar-refractivity contribution < 1.29 is 21.0 Å². The second-order valence-electron chi connectivity index (χ2n) is 2.13. The quantitative estimate of drug-likeness (QED) is 0.633. The fourth-order valence-corrected chi connectivity index (χ4v) is 2.29. The normalized spacial score (nSPS) is 29.8. The summed E-state index contributed by atoms with van der Waals surface area (Å²) in [7, 11) is -5.07. The Morgan fingerprint density at radius 3 is 2.75 bits per heavy atom. The van der Waals surface area contributed by atoms with Crippen molar-refractivity contribution in [1.29, 1.82) is 0 Å². The first-order valence-corrected chi connectivity index (χ1v) is 5.82. The van der Waals surface area contributed by atoms with Crippen molar-refractivity contribution in [3.8, 4) is 0 Å². The highest BCUT2D eigenvalue weighted by Crippen LogP contribution is 2.13. The van der Waals surface area contributed by atoms with E-state index >= 15 is 0 Å². The minimum atomic E-state index is -3.82. The Kier molecular flexibility index (Phi) is 2.99. The fraction of sp³-hybridized carbons (Fsp3) is 0.600. The molecule has 7 heteroatoms. The lowest BCUT2D eigenvalue weighted by molar-refractivity contribution is 0.262. The molecule has 70 valence electrons. The monoisotopic (exact) mass is 212 g/mol. The van der Waals surface area contributed by atoms with Crippen LogP contribution in [0.15, 0.2) is 12.0 Å². The van der Waals surface area contributed by atoms with Gasteiger partial charge in [0, 0.05) is 10.8 Å². The van der Waals surface area contributed by atoms with Crippen LogP contribution in [-0.4, -0.2) is 31.1 Å². The van der Waals surface area contributed by atoms with E-state index in [1.54, 1.807) is 0 Å². The Morgan fingerprint density at radius 2 is 2.33 bits per heavy atom. The molecule has 12 heavy (non-hydrogen) atoms. The third kappa shape index (κ3) is 2.67. The van der Waals surface area contributed by atoms with E-state index in [-0.39, 0.29) is 12.4 Å². The zero-order valence-corrected chi connectivity index (χ0v) is 7.77. The lowest BCUT2D eigenvalue weighted by Gasteiger charge is -2.00. The number of rotatable bonds is 3. The van der Waals surface area contributed by atoms with Crippen molar-refractivity contribution >= 4 is 21.2 Å². The SMILES string of the molecule is C=CS(=O)CC1COS(=O)(=O)O1. The maximum absolute atomic E-state index is 10.8. The summed E-state index contributed by atoms with van der Waals surface area (Å²) in [4.78, 5) is 0. The van der Waals surface area contributed by atoms with Gasteiger partial charge in [0.2, 0.25) is 0 Å². The molecule has 0 spiro atoms. The van der Waals surface area contributed by atoms with E-state index < -0.39 is 27.3 Å².